The minimum absolute atomic E-state index is 0.100. The molecule has 2 N–H and O–H groups in total. The number of esters is 1. The number of carbonyl (C=O) groups excluding carboxylic acids is 3. The molecule has 0 saturated carbocycles. The molecule has 3 amide bonds. The van der Waals surface area contributed by atoms with Crippen LogP contribution in [0.15, 0.2) is 24.3 Å². The van der Waals surface area contributed by atoms with Crippen LogP contribution in [0.3, 0.4) is 0 Å². The number of aliphatic hydroxyl groups excluding tert-OH is 1. The zero-order valence-electron chi connectivity index (χ0n) is 15.2. The number of carbonyl (C=O) groups is 3. The number of aliphatic hydroxyl groups is 1. The molecule has 0 radical (unpaired) electrons. The molecule has 0 bridgehead atoms. The third-order valence-corrected chi connectivity index (χ3v) is 3.81. The van der Waals surface area contributed by atoms with Gasteiger partial charge in [-0.25, -0.2) is 9.59 Å². The van der Waals surface area contributed by atoms with Crippen molar-refractivity contribution in [1.29, 1.82) is 0 Å². The number of hydrogen-bond donors (Lipinski definition) is 2. The van der Waals surface area contributed by atoms with Crippen LogP contribution < -0.4 is 10.1 Å². The van der Waals surface area contributed by atoms with E-state index in [0.717, 1.165) is 11.3 Å². The van der Waals surface area contributed by atoms with Gasteiger partial charge in [0.2, 0.25) is 0 Å². The molecule has 26 heavy (non-hydrogen) atoms. The Morgan fingerprint density at radius 1 is 1.27 bits per heavy atom. The van der Waals surface area contributed by atoms with Crippen molar-refractivity contribution in [3.8, 4) is 5.75 Å². The van der Waals surface area contributed by atoms with Crippen molar-refractivity contribution in [2.45, 2.75) is 38.8 Å². The van der Waals surface area contributed by atoms with E-state index in [9.17, 15) is 19.5 Å². The molecule has 1 aliphatic heterocycles. The Kier molecular flexibility index (Phi) is 6.20. The summed E-state index contributed by atoms with van der Waals surface area (Å²) in [4.78, 5) is 36.5. The fourth-order valence-electron chi connectivity index (χ4n) is 2.40. The van der Waals surface area contributed by atoms with Crippen LogP contribution in [-0.2, 0) is 9.53 Å². The first-order valence-corrected chi connectivity index (χ1v) is 8.46. The highest BCUT2D eigenvalue weighted by atomic mass is 16.5. The number of hydrogen-bond acceptors (Lipinski definition) is 6. The summed E-state index contributed by atoms with van der Waals surface area (Å²) in [6, 6.07) is 5.78. The maximum Gasteiger partial charge on any atom is 0.338 e. The highest BCUT2D eigenvalue weighted by Crippen LogP contribution is 2.17. The topological polar surface area (TPSA) is 105 Å². The Bertz CT molecular complexity index is 671. The number of ether oxygens (including phenoxy) is 2. The van der Waals surface area contributed by atoms with Gasteiger partial charge in [-0.3, -0.25) is 9.69 Å². The Hall–Kier alpha value is -2.61. The van der Waals surface area contributed by atoms with Gasteiger partial charge in [0, 0.05) is 0 Å². The minimum atomic E-state index is -1.03. The molecule has 1 fully saturated rings. The van der Waals surface area contributed by atoms with E-state index >= 15 is 0 Å². The average molecular weight is 364 g/mol. The molecular formula is C18H24N2O6. The number of amides is 3. The van der Waals surface area contributed by atoms with Gasteiger partial charge in [-0.2, -0.15) is 0 Å². The molecule has 1 saturated heterocycles. The zero-order valence-corrected chi connectivity index (χ0v) is 15.2. The number of benzene rings is 1. The predicted molar refractivity (Wildman–Crippen MR) is 92.8 cm³/mol. The lowest BCUT2D eigenvalue weighted by atomic mass is 10.1. The summed E-state index contributed by atoms with van der Waals surface area (Å²) in [6.45, 7) is 5.22. The van der Waals surface area contributed by atoms with Gasteiger partial charge >= 0.3 is 12.0 Å². The van der Waals surface area contributed by atoms with Crippen LogP contribution in [-0.4, -0.2) is 59.3 Å². The Labute approximate surface area is 152 Å². The molecule has 0 aliphatic carbocycles. The highest BCUT2D eigenvalue weighted by Gasteiger charge is 2.44. The molecule has 0 spiro atoms. The minimum Gasteiger partial charge on any atom is -0.491 e. The van der Waals surface area contributed by atoms with Crippen molar-refractivity contribution in [2.24, 2.45) is 0 Å². The molecule has 142 valence electrons. The van der Waals surface area contributed by atoms with Gasteiger partial charge in [0.25, 0.3) is 5.91 Å². The number of β-amino-alcohol motifs (C(OH)–C–C–N with tert-alkyl or cyclic N) is 1. The van der Waals surface area contributed by atoms with Crippen molar-refractivity contribution >= 4 is 17.9 Å². The molecular weight excluding hydrogens is 340 g/mol. The standard InChI is InChI=1S/C18H24N2O6/c1-4-9-25-15(22)12-5-7-14(8-6-12)26-11-13(21)10-20-16(23)18(2,3)19-17(20)24/h5-8,13,21H,4,9-11H2,1-3H3,(H,19,24)/t13-/m1/s1. The first-order chi connectivity index (χ1) is 12.2. The summed E-state index contributed by atoms with van der Waals surface area (Å²) >= 11 is 0. The second kappa shape index (κ2) is 8.18. The number of urea groups is 1. The third-order valence-electron chi connectivity index (χ3n) is 3.81. The summed E-state index contributed by atoms with van der Waals surface area (Å²) in [5.74, 6) is -0.343. The van der Waals surface area contributed by atoms with Crippen LogP contribution in [0.4, 0.5) is 4.79 Å². The molecule has 0 aromatic heterocycles. The van der Waals surface area contributed by atoms with Crippen LogP contribution >= 0.6 is 0 Å². The summed E-state index contributed by atoms with van der Waals surface area (Å²) in [5, 5.41) is 12.6. The summed E-state index contributed by atoms with van der Waals surface area (Å²) < 4.78 is 10.5. The van der Waals surface area contributed by atoms with Gasteiger partial charge in [0.1, 0.15) is 24.0 Å². The summed E-state index contributed by atoms with van der Waals surface area (Å²) in [5.41, 5.74) is -0.562. The Balaban J connectivity index is 1.84. The van der Waals surface area contributed by atoms with Crippen molar-refractivity contribution < 1.29 is 29.0 Å². The van der Waals surface area contributed by atoms with E-state index in [1.54, 1.807) is 38.1 Å². The SMILES string of the molecule is CCCOC(=O)c1ccc(OC[C@H](O)CN2C(=O)NC(C)(C)C2=O)cc1. The van der Waals surface area contributed by atoms with Gasteiger partial charge in [0.15, 0.2) is 0 Å². The molecule has 1 aliphatic rings. The lowest BCUT2D eigenvalue weighted by Crippen LogP contribution is -2.42. The third kappa shape index (κ3) is 4.72. The number of nitrogens with zero attached hydrogens (tertiary/aromatic N) is 1. The number of imide groups is 1. The van der Waals surface area contributed by atoms with Crippen molar-refractivity contribution in [3.05, 3.63) is 29.8 Å². The van der Waals surface area contributed by atoms with Crippen LogP contribution in [0.5, 0.6) is 5.75 Å². The van der Waals surface area contributed by atoms with Crippen molar-refractivity contribution in [2.75, 3.05) is 19.8 Å². The van der Waals surface area contributed by atoms with Crippen LogP contribution in [0, 0.1) is 0 Å². The molecule has 2 rings (SSSR count). The van der Waals surface area contributed by atoms with Crippen LogP contribution in [0.25, 0.3) is 0 Å². The second-order valence-electron chi connectivity index (χ2n) is 6.60. The van der Waals surface area contributed by atoms with E-state index in [4.69, 9.17) is 9.47 Å². The molecule has 1 aromatic rings. The smallest absolute Gasteiger partial charge is 0.338 e. The second-order valence-corrected chi connectivity index (χ2v) is 6.60. The Morgan fingerprint density at radius 3 is 2.46 bits per heavy atom. The molecule has 1 atom stereocenters. The van der Waals surface area contributed by atoms with E-state index in [0.29, 0.717) is 17.9 Å². The van der Waals surface area contributed by atoms with E-state index < -0.39 is 29.6 Å². The van der Waals surface area contributed by atoms with Gasteiger partial charge in [-0.1, -0.05) is 6.92 Å². The lowest BCUT2D eigenvalue weighted by Gasteiger charge is -2.19. The summed E-state index contributed by atoms with van der Waals surface area (Å²) in [7, 11) is 0. The number of nitrogens with one attached hydrogen (secondary N) is 1. The molecule has 1 aromatic carbocycles. The van der Waals surface area contributed by atoms with Crippen LogP contribution in [0.1, 0.15) is 37.6 Å². The Morgan fingerprint density at radius 2 is 1.92 bits per heavy atom. The largest absolute Gasteiger partial charge is 0.491 e. The van der Waals surface area contributed by atoms with Gasteiger partial charge in [-0.15, -0.1) is 0 Å². The highest BCUT2D eigenvalue weighted by molar-refractivity contribution is 6.06. The monoisotopic (exact) mass is 364 g/mol. The van der Waals surface area contributed by atoms with E-state index in [1.165, 1.54) is 0 Å². The first kappa shape index (κ1) is 19.7. The van der Waals surface area contributed by atoms with Gasteiger partial charge in [0.05, 0.1) is 18.7 Å². The van der Waals surface area contributed by atoms with Crippen molar-refractivity contribution in [3.63, 3.8) is 0 Å². The van der Waals surface area contributed by atoms with E-state index in [2.05, 4.69) is 5.32 Å². The zero-order chi connectivity index (χ0) is 19.3. The lowest BCUT2D eigenvalue weighted by molar-refractivity contribution is -0.131. The molecule has 8 nitrogen and oxygen atoms in total. The van der Waals surface area contributed by atoms with Crippen LogP contribution in [0.2, 0.25) is 0 Å². The fourth-order valence-corrected chi connectivity index (χ4v) is 2.40. The quantitative estimate of drug-likeness (QED) is 0.532. The average Bonchev–Trinajstić information content (AvgIpc) is 2.80. The summed E-state index contributed by atoms with van der Waals surface area (Å²) in [6.07, 6.45) is -0.285. The maximum absolute atomic E-state index is 12.1. The van der Waals surface area contributed by atoms with Gasteiger partial charge in [-0.05, 0) is 44.5 Å². The van der Waals surface area contributed by atoms with E-state index in [1.807, 2.05) is 6.92 Å². The predicted octanol–water partition coefficient (Wildman–Crippen LogP) is 1.32. The van der Waals surface area contributed by atoms with E-state index in [-0.39, 0.29) is 13.2 Å². The molecule has 1 heterocycles. The maximum atomic E-state index is 12.1. The van der Waals surface area contributed by atoms with Crippen molar-refractivity contribution in [1.82, 2.24) is 10.2 Å². The van der Waals surface area contributed by atoms with Gasteiger partial charge < -0.3 is 19.9 Å². The first-order valence-electron chi connectivity index (χ1n) is 8.46. The molecule has 8 heteroatoms. The fraction of sp³-hybridized carbons (Fsp3) is 0.500. The number of rotatable bonds is 8. The normalized spacial score (nSPS) is 17.0. The molecule has 0 unspecified atom stereocenters.